The van der Waals surface area contributed by atoms with Gasteiger partial charge < -0.3 is 0 Å². The Kier molecular flexibility index (Phi) is 2.37. The lowest BCUT2D eigenvalue weighted by Crippen LogP contribution is -1.90. The van der Waals surface area contributed by atoms with Gasteiger partial charge in [-0.2, -0.15) is 0 Å². The van der Waals surface area contributed by atoms with Crippen LogP contribution in [0.4, 0.5) is 0 Å². The Labute approximate surface area is 145 Å². The second-order valence-electron chi connectivity index (χ2n) is 6.98. The summed E-state index contributed by atoms with van der Waals surface area (Å²) in [5.41, 5.74) is 1.38. The van der Waals surface area contributed by atoms with Crippen molar-refractivity contribution in [1.82, 2.24) is 0 Å². The summed E-state index contributed by atoms with van der Waals surface area (Å²) in [6.45, 7) is 2.26. The molecule has 0 radical (unpaired) electrons. The second-order valence-corrected chi connectivity index (χ2v) is 6.98. The lowest BCUT2D eigenvalue weighted by Gasteiger charge is -2.18. The molecule has 6 aromatic carbocycles. The van der Waals surface area contributed by atoms with Crippen molar-refractivity contribution in [3.8, 4) is 0 Å². The average Bonchev–Trinajstić information content (AvgIpc) is 2.67. The van der Waals surface area contributed by atoms with Crippen molar-refractivity contribution in [2.75, 3.05) is 0 Å². The highest BCUT2D eigenvalue weighted by Gasteiger charge is 2.16. The molecule has 0 unspecified atom stereocenters. The van der Waals surface area contributed by atoms with Gasteiger partial charge in [-0.05, 0) is 66.3 Å². The van der Waals surface area contributed by atoms with Crippen LogP contribution in [-0.4, -0.2) is 0 Å². The Bertz CT molecular complexity index is 1430. The van der Waals surface area contributed by atoms with Gasteiger partial charge in [-0.25, -0.2) is 0 Å². The van der Waals surface area contributed by atoms with Crippen LogP contribution in [0, 0.1) is 6.92 Å². The van der Waals surface area contributed by atoms with Gasteiger partial charge in [0.25, 0.3) is 0 Å². The van der Waals surface area contributed by atoms with E-state index in [-0.39, 0.29) is 0 Å². The van der Waals surface area contributed by atoms with Crippen molar-refractivity contribution in [3.05, 3.63) is 84.4 Å². The summed E-state index contributed by atoms with van der Waals surface area (Å²) in [4.78, 5) is 0. The first-order valence-corrected chi connectivity index (χ1v) is 8.81. The first-order chi connectivity index (χ1) is 12.3. The van der Waals surface area contributed by atoms with Crippen molar-refractivity contribution in [3.63, 3.8) is 0 Å². The van der Waals surface area contributed by atoms with Crippen molar-refractivity contribution in [2.45, 2.75) is 6.92 Å². The first-order valence-electron chi connectivity index (χ1n) is 8.81. The van der Waals surface area contributed by atoms with E-state index in [0.717, 1.165) is 0 Å². The Hall–Kier alpha value is -3.12. The molecular formula is C25H16. The molecule has 0 heterocycles. The number of hydrogen-bond donors (Lipinski definition) is 0. The number of hydrogen-bond acceptors (Lipinski definition) is 0. The van der Waals surface area contributed by atoms with Gasteiger partial charge in [-0.3, -0.25) is 0 Å². The number of rotatable bonds is 0. The molecule has 0 saturated carbocycles. The third kappa shape index (κ3) is 1.52. The van der Waals surface area contributed by atoms with E-state index in [1.165, 1.54) is 59.4 Å². The minimum Gasteiger partial charge on any atom is -0.0616 e. The van der Waals surface area contributed by atoms with Crippen LogP contribution in [0.5, 0.6) is 0 Å². The molecule has 25 heavy (non-hydrogen) atoms. The van der Waals surface area contributed by atoms with E-state index in [0.29, 0.717) is 0 Å². The fourth-order valence-corrected chi connectivity index (χ4v) is 4.72. The SMILES string of the molecule is Cc1c2ccccc2c2c3cccc4cccc(c5cccc1c52)c43. The van der Waals surface area contributed by atoms with Crippen LogP contribution in [0.1, 0.15) is 5.56 Å². The molecule has 0 saturated heterocycles. The maximum atomic E-state index is 2.29. The van der Waals surface area contributed by atoms with Gasteiger partial charge in [0.1, 0.15) is 0 Å². The maximum absolute atomic E-state index is 2.29. The molecule has 6 rings (SSSR count). The van der Waals surface area contributed by atoms with Gasteiger partial charge in [0, 0.05) is 0 Å². The van der Waals surface area contributed by atoms with E-state index < -0.39 is 0 Å². The molecule has 6 aromatic rings. The molecule has 0 nitrogen and oxygen atoms in total. The highest BCUT2D eigenvalue weighted by molar-refractivity contribution is 6.38. The predicted molar refractivity (Wildman–Crippen MR) is 110 cm³/mol. The highest BCUT2D eigenvalue weighted by Crippen LogP contribution is 2.44. The lowest BCUT2D eigenvalue weighted by atomic mass is 9.85. The van der Waals surface area contributed by atoms with E-state index in [9.17, 15) is 0 Å². The summed E-state index contributed by atoms with van der Waals surface area (Å²) >= 11 is 0. The standard InChI is InChI=1S/C25H16/c1-15-17-9-2-3-10-19(17)25-22-14-5-8-16-7-4-12-20(23(16)22)21-13-6-11-18(15)24(21)25/h2-14H,1H3. The van der Waals surface area contributed by atoms with E-state index in [4.69, 9.17) is 0 Å². The van der Waals surface area contributed by atoms with E-state index >= 15 is 0 Å². The topological polar surface area (TPSA) is 0 Å². The molecular weight excluding hydrogens is 300 g/mol. The Morgan fingerprint density at radius 3 is 1.68 bits per heavy atom. The predicted octanol–water partition coefficient (Wildman–Crippen LogP) is 7.20. The van der Waals surface area contributed by atoms with Crippen molar-refractivity contribution < 1.29 is 0 Å². The number of benzene rings is 6. The molecule has 0 heteroatoms. The van der Waals surface area contributed by atoms with Crippen molar-refractivity contribution >= 4 is 53.9 Å². The monoisotopic (exact) mass is 316 g/mol. The third-order valence-electron chi connectivity index (χ3n) is 5.78. The summed E-state index contributed by atoms with van der Waals surface area (Å²) in [7, 11) is 0. The Morgan fingerprint density at radius 2 is 0.880 bits per heavy atom. The molecule has 0 N–H and O–H groups in total. The maximum Gasteiger partial charge on any atom is -0.00139 e. The van der Waals surface area contributed by atoms with Crippen LogP contribution < -0.4 is 0 Å². The molecule has 116 valence electrons. The van der Waals surface area contributed by atoms with Crippen LogP contribution in [0.25, 0.3) is 53.9 Å². The summed E-state index contributed by atoms with van der Waals surface area (Å²) in [6, 6.07) is 29.0. The zero-order valence-corrected chi connectivity index (χ0v) is 14.0. The molecule has 0 spiro atoms. The molecule has 0 atom stereocenters. The van der Waals surface area contributed by atoms with E-state index in [2.05, 4.69) is 85.8 Å². The molecule has 0 bridgehead atoms. The largest absolute Gasteiger partial charge is 0.0616 e. The van der Waals surface area contributed by atoms with Crippen LogP contribution in [0.3, 0.4) is 0 Å². The van der Waals surface area contributed by atoms with Gasteiger partial charge in [-0.1, -0.05) is 78.9 Å². The fraction of sp³-hybridized carbons (Fsp3) is 0.0400. The summed E-state index contributed by atoms with van der Waals surface area (Å²) < 4.78 is 0. The molecule has 0 aliphatic rings. The third-order valence-corrected chi connectivity index (χ3v) is 5.78. The Morgan fingerprint density at radius 1 is 0.400 bits per heavy atom. The molecule has 0 amide bonds. The minimum atomic E-state index is 1.32. The smallest absolute Gasteiger partial charge is 0.00139 e. The van der Waals surface area contributed by atoms with Gasteiger partial charge in [0.15, 0.2) is 0 Å². The molecule has 0 aliphatic carbocycles. The zero-order valence-electron chi connectivity index (χ0n) is 14.0. The molecule has 0 fully saturated rings. The second kappa shape index (κ2) is 4.49. The number of aryl methyl sites for hydroxylation is 1. The van der Waals surface area contributed by atoms with Crippen LogP contribution in [0.2, 0.25) is 0 Å². The summed E-state index contributed by atoms with van der Waals surface area (Å²) in [5, 5.41) is 13.7. The Balaban J connectivity index is 2.15. The first kappa shape index (κ1) is 13.2. The average molecular weight is 316 g/mol. The normalized spacial score (nSPS) is 12.2. The lowest BCUT2D eigenvalue weighted by molar-refractivity contribution is 1.60. The van der Waals surface area contributed by atoms with Crippen molar-refractivity contribution in [1.29, 1.82) is 0 Å². The number of fused-ring (bicyclic) bond motifs is 4. The fourth-order valence-electron chi connectivity index (χ4n) is 4.72. The van der Waals surface area contributed by atoms with Gasteiger partial charge in [0.2, 0.25) is 0 Å². The highest BCUT2D eigenvalue weighted by atomic mass is 14.2. The van der Waals surface area contributed by atoms with E-state index in [1.54, 1.807) is 0 Å². The summed E-state index contributed by atoms with van der Waals surface area (Å²) in [6.07, 6.45) is 0. The van der Waals surface area contributed by atoms with Crippen LogP contribution >= 0.6 is 0 Å². The van der Waals surface area contributed by atoms with Gasteiger partial charge >= 0.3 is 0 Å². The zero-order chi connectivity index (χ0) is 16.5. The molecule has 0 aliphatic heterocycles. The van der Waals surface area contributed by atoms with Gasteiger partial charge in [0.05, 0.1) is 0 Å². The van der Waals surface area contributed by atoms with Gasteiger partial charge in [-0.15, -0.1) is 0 Å². The summed E-state index contributed by atoms with van der Waals surface area (Å²) in [5.74, 6) is 0. The van der Waals surface area contributed by atoms with Crippen LogP contribution in [-0.2, 0) is 0 Å². The van der Waals surface area contributed by atoms with Crippen molar-refractivity contribution in [2.24, 2.45) is 0 Å². The minimum absolute atomic E-state index is 1.32. The quantitative estimate of drug-likeness (QED) is 0.205. The molecule has 0 aromatic heterocycles. The van der Waals surface area contributed by atoms with Crippen LogP contribution in [0.15, 0.2) is 78.9 Å². The van der Waals surface area contributed by atoms with E-state index in [1.807, 2.05) is 0 Å².